The number of hydrogen-bond acceptors (Lipinski definition) is 12. The molecule has 0 saturated heterocycles. The first-order valence-electron chi connectivity index (χ1n) is 37.6. The molecule has 0 aromatic rings. The highest BCUT2D eigenvalue weighted by molar-refractivity contribution is 8.76. The number of carbonyl (C=O) groups excluding carboxylic acids is 4. The molecule has 13 nitrogen and oxygen atoms in total. The fourth-order valence-corrected chi connectivity index (χ4v) is 18.6. The fraction of sp³-hybridized carbons (Fsp3) is 0.919. The van der Waals surface area contributed by atoms with Crippen LogP contribution in [0.15, 0.2) is 11.6 Å². The molecule has 3 saturated carbocycles. The van der Waals surface area contributed by atoms with Gasteiger partial charge < -0.3 is 29.7 Å². The van der Waals surface area contributed by atoms with Crippen molar-refractivity contribution in [3.05, 3.63) is 11.6 Å². The SMILES string of the molecule is CCCCCCCCCCCCCCCCCC(=O)OCC(COP(=O)(O)OCCNC(=O)CCSSCCNC(=O)O[C@H]1CC[C@@]2(C)C(=CC[C@H]3[C@@H]4CC[C@H]([C@H](C)CCCC(C)C)[C@@]4(C)CC[C@@H]32)C1)OC(=O)CCCCCCCCCCCCCCCCC. The number of allylic oxidation sites excluding steroid dienone is 1. The first-order chi connectivity index (χ1) is 43.5. The summed E-state index contributed by atoms with van der Waals surface area (Å²) in [6.07, 6.45) is 52.1. The molecule has 2 amide bonds. The van der Waals surface area contributed by atoms with Gasteiger partial charge in [0.2, 0.25) is 5.91 Å². The third-order valence-electron chi connectivity index (χ3n) is 21.3. The molecule has 4 aliphatic rings. The Morgan fingerprint density at radius 1 is 0.600 bits per heavy atom. The summed E-state index contributed by atoms with van der Waals surface area (Å²) in [4.78, 5) is 61.8. The molecule has 0 heterocycles. The maximum Gasteiger partial charge on any atom is 0.472 e. The minimum Gasteiger partial charge on any atom is -0.462 e. The molecule has 10 atom stereocenters. The molecule has 4 aliphatic carbocycles. The highest BCUT2D eigenvalue weighted by Crippen LogP contribution is 2.67. The zero-order valence-electron chi connectivity index (χ0n) is 58.6. The molecule has 0 aromatic heterocycles. The summed E-state index contributed by atoms with van der Waals surface area (Å²) in [5, 5.41) is 5.65. The fourth-order valence-electron chi connectivity index (χ4n) is 15.9. The first-order valence-corrected chi connectivity index (χ1v) is 41.6. The van der Waals surface area contributed by atoms with Crippen molar-refractivity contribution >= 4 is 53.3 Å². The van der Waals surface area contributed by atoms with E-state index in [1.165, 1.54) is 198 Å². The van der Waals surface area contributed by atoms with Crippen LogP contribution in [0.5, 0.6) is 0 Å². The van der Waals surface area contributed by atoms with Crippen LogP contribution in [0.4, 0.5) is 4.79 Å². The number of alkyl carbamates (subject to hydrolysis) is 1. The van der Waals surface area contributed by atoms with Crippen molar-refractivity contribution in [3.63, 3.8) is 0 Å². The van der Waals surface area contributed by atoms with Gasteiger partial charge in [0.05, 0.1) is 13.2 Å². The lowest BCUT2D eigenvalue weighted by Crippen LogP contribution is -2.51. The molecule has 16 heteroatoms. The summed E-state index contributed by atoms with van der Waals surface area (Å²) < 4.78 is 40.5. The van der Waals surface area contributed by atoms with Crippen LogP contribution in [0, 0.1) is 46.3 Å². The molecule has 4 rings (SSSR count). The Morgan fingerprint density at radius 2 is 1.14 bits per heavy atom. The van der Waals surface area contributed by atoms with Crippen molar-refractivity contribution in [1.29, 1.82) is 0 Å². The molecule has 0 aromatic carbocycles. The minimum atomic E-state index is -4.61. The number of fused-ring (bicyclic) bond motifs is 5. The maximum absolute atomic E-state index is 13.0. The van der Waals surface area contributed by atoms with Crippen LogP contribution in [0.1, 0.15) is 331 Å². The van der Waals surface area contributed by atoms with Crippen LogP contribution >= 0.6 is 29.4 Å². The normalized spacial score (nSPS) is 23.4. The van der Waals surface area contributed by atoms with Crippen LogP contribution < -0.4 is 10.6 Å². The van der Waals surface area contributed by atoms with Crippen molar-refractivity contribution in [3.8, 4) is 0 Å². The maximum atomic E-state index is 13.0. The predicted molar refractivity (Wildman–Crippen MR) is 376 cm³/mol. The largest absolute Gasteiger partial charge is 0.472 e. The van der Waals surface area contributed by atoms with Gasteiger partial charge in [-0.15, -0.1) is 0 Å². The summed E-state index contributed by atoms with van der Waals surface area (Å²) in [7, 11) is -1.49. The van der Waals surface area contributed by atoms with Gasteiger partial charge in [-0.3, -0.25) is 23.4 Å². The van der Waals surface area contributed by atoms with Crippen LogP contribution in [-0.4, -0.2) is 85.5 Å². The van der Waals surface area contributed by atoms with E-state index in [-0.39, 0.29) is 62.5 Å². The molecule has 2 unspecified atom stereocenters. The molecule has 0 bridgehead atoms. The average Bonchev–Trinajstić information content (AvgIpc) is 1.34. The lowest BCUT2D eigenvalue weighted by Gasteiger charge is -2.58. The van der Waals surface area contributed by atoms with Crippen molar-refractivity contribution in [2.75, 3.05) is 44.4 Å². The number of unbranched alkanes of at least 4 members (excludes halogenated alkanes) is 28. The van der Waals surface area contributed by atoms with Crippen LogP contribution in [0.2, 0.25) is 0 Å². The third kappa shape index (κ3) is 33.3. The van der Waals surface area contributed by atoms with E-state index in [1.54, 1.807) is 21.6 Å². The second kappa shape index (κ2) is 48.0. The highest BCUT2D eigenvalue weighted by Gasteiger charge is 2.59. The van der Waals surface area contributed by atoms with E-state index in [2.05, 4.69) is 65.2 Å². The van der Waals surface area contributed by atoms with Crippen molar-refractivity contribution in [2.45, 2.75) is 343 Å². The molecule has 0 spiro atoms. The van der Waals surface area contributed by atoms with Gasteiger partial charge in [-0.2, -0.15) is 0 Å². The smallest absolute Gasteiger partial charge is 0.462 e. The van der Waals surface area contributed by atoms with Gasteiger partial charge in [0.25, 0.3) is 0 Å². The number of amides is 2. The molecule has 3 fully saturated rings. The molecule has 524 valence electrons. The van der Waals surface area contributed by atoms with Crippen molar-refractivity contribution in [2.24, 2.45) is 46.3 Å². The number of hydrogen-bond donors (Lipinski definition) is 3. The van der Waals surface area contributed by atoms with Gasteiger partial charge in [-0.05, 0) is 104 Å². The first kappa shape index (κ1) is 80.7. The number of rotatable bonds is 55. The Balaban J connectivity index is 1.05. The van der Waals surface area contributed by atoms with Gasteiger partial charge in [0, 0.05) is 50.3 Å². The number of carbonyl (C=O) groups is 4. The Labute approximate surface area is 558 Å². The van der Waals surface area contributed by atoms with Crippen LogP contribution in [-0.2, 0) is 42.2 Å². The number of phosphoric acid groups is 1. The van der Waals surface area contributed by atoms with Crippen LogP contribution in [0.3, 0.4) is 0 Å². The third-order valence-corrected chi connectivity index (χ3v) is 24.7. The average molecular weight is 1320 g/mol. The molecular weight excluding hydrogens is 1190 g/mol. The summed E-state index contributed by atoms with van der Waals surface area (Å²) in [5.41, 5.74) is 2.21. The molecular formula is C74H135N2O11PS2. The zero-order valence-corrected chi connectivity index (χ0v) is 61.1. The van der Waals surface area contributed by atoms with Crippen molar-refractivity contribution in [1.82, 2.24) is 10.6 Å². The Kier molecular flexibility index (Phi) is 43.0. The van der Waals surface area contributed by atoms with E-state index >= 15 is 0 Å². The number of nitrogens with one attached hydrogen (secondary N) is 2. The van der Waals surface area contributed by atoms with E-state index in [0.717, 1.165) is 93.3 Å². The molecule has 0 aliphatic heterocycles. The number of ether oxygens (including phenoxy) is 3. The van der Waals surface area contributed by atoms with Crippen LogP contribution in [0.25, 0.3) is 0 Å². The Morgan fingerprint density at radius 3 is 1.71 bits per heavy atom. The Hall–Kier alpha value is -1.77. The van der Waals surface area contributed by atoms with E-state index in [0.29, 0.717) is 36.3 Å². The van der Waals surface area contributed by atoms with Gasteiger partial charge in [-0.25, -0.2) is 9.36 Å². The molecule has 3 N–H and O–H groups in total. The highest BCUT2D eigenvalue weighted by atomic mass is 33.1. The van der Waals surface area contributed by atoms with E-state index < -0.39 is 32.5 Å². The molecule has 0 radical (unpaired) electrons. The van der Waals surface area contributed by atoms with Gasteiger partial charge in [0.1, 0.15) is 12.7 Å². The van der Waals surface area contributed by atoms with Crippen molar-refractivity contribution < 1.29 is 51.9 Å². The minimum absolute atomic E-state index is 0.0115. The van der Waals surface area contributed by atoms with E-state index in [1.807, 2.05) is 0 Å². The van der Waals surface area contributed by atoms with Gasteiger partial charge in [0.15, 0.2) is 6.10 Å². The standard InChI is InChI=1S/C74H135N2O11PS2/c1-8-10-12-14-16-18-20-22-24-26-28-30-32-34-36-41-70(78)83-58-64(86-71(79)42-37-35-33-31-29-27-25-23-21-19-17-15-13-11-9-2)59-85-88(81,82)84-54-52-75-69(77)49-55-89-90-56-53-76-72(80)87-63-47-50-73(6)62(57-63)43-44-65-67-46-45-66(61(5)40-38-39-60(3)4)74(67,7)51-48-68(65)73/h43,60-61,63-68H,8-42,44-59H2,1-7H3,(H,75,77)(H,76,80)(H,81,82)/t61-,63+,64?,65+,66-,67+,68+,73+,74-/m1/s1. The second-order valence-electron chi connectivity index (χ2n) is 29.0. The van der Waals surface area contributed by atoms with Gasteiger partial charge >= 0.3 is 25.9 Å². The monoisotopic (exact) mass is 1320 g/mol. The van der Waals surface area contributed by atoms with Gasteiger partial charge in [-0.1, -0.05) is 281 Å². The number of esters is 2. The Bertz CT molecular complexity index is 2010. The summed E-state index contributed by atoms with van der Waals surface area (Å²) in [6.45, 7) is 16.3. The molecule has 90 heavy (non-hydrogen) atoms. The topological polar surface area (TPSA) is 176 Å². The summed E-state index contributed by atoms with van der Waals surface area (Å²) in [5.74, 6) is 4.90. The summed E-state index contributed by atoms with van der Waals surface area (Å²) >= 11 is 0. The van der Waals surface area contributed by atoms with E-state index in [9.17, 15) is 28.6 Å². The lowest BCUT2D eigenvalue weighted by molar-refractivity contribution is -0.161. The quantitative estimate of drug-likeness (QED) is 0.0131. The number of phosphoric ester groups is 1. The second-order valence-corrected chi connectivity index (χ2v) is 33.2. The summed E-state index contributed by atoms with van der Waals surface area (Å²) in [6, 6.07) is 0. The lowest BCUT2D eigenvalue weighted by atomic mass is 9.47. The van der Waals surface area contributed by atoms with E-state index in [4.69, 9.17) is 23.3 Å². The zero-order chi connectivity index (χ0) is 65.1. The predicted octanol–water partition coefficient (Wildman–Crippen LogP) is 21.1.